The smallest absolute Gasteiger partial charge is 0.295 e. The summed E-state index contributed by atoms with van der Waals surface area (Å²) in [7, 11) is 0. The molecule has 224 valence electrons. The Hall–Kier alpha value is -4.74. The third-order valence-corrected chi connectivity index (χ3v) is 8.26. The predicted octanol–water partition coefficient (Wildman–Crippen LogP) is 7.02. The number of nitrogens with one attached hydrogen (secondary N) is 1. The van der Waals surface area contributed by atoms with Gasteiger partial charge < -0.3 is 5.32 Å². The molecule has 0 aliphatic heterocycles. The van der Waals surface area contributed by atoms with Gasteiger partial charge in [0.15, 0.2) is 0 Å². The molecule has 3 atom stereocenters. The van der Waals surface area contributed by atoms with Crippen molar-refractivity contribution in [1.29, 1.82) is 0 Å². The minimum atomic E-state index is -3.34. The molecule has 5 aromatic rings. The lowest BCUT2D eigenvalue weighted by molar-refractivity contribution is -0.122. The van der Waals surface area contributed by atoms with E-state index in [1.54, 1.807) is 24.4 Å². The third-order valence-electron chi connectivity index (χ3n) is 8.26. The van der Waals surface area contributed by atoms with Gasteiger partial charge in [-0.15, -0.1) is 0 Å². The molecule has 1 N–H and O–H groups in total. The number of rotatable bonds is 8. The Bertz CT molecular complexity index is 1900. The standard InChI is InChI=1S/C32H23F6N5O/c33-19-9-16(10-20(34)13-19)11-25(28-21(4-2-8-40-28)18-6-5-17-3-1-7-39-24(17)12-18)41-26(44)15-43-29(31(35)36)27-22-14-23(22)32(37,38)30(27)42-43/h1-10,12-13,22-23,25,31H,11,14-15H2,(H,41,44)/t22?,23?,25-/m0/s1. The number of fused-ring (bicyclic) bond motifs is 4. The highest BCUT2D eigenvalue weighted by Gasteiger charge is 2.67. The second-order valence-corrected chi connectivity index (χ2v) is 11.1. The Morgan fingerprint density at radius 1 is 1.00 bits per heavy atom. The number of hydrogen-bond donors (Lipinski definition) is 1. The van der Waals surface area contributed by atoms with Gasteiger partial charge in [0.1, 0.15) is 29.6 Å². The average Bonchev–Trinajstić information content (AvgIpc) is 3.65. The molecule has 3 aromatic heterocycles. The summed E-state index contributed by atoms with van der Waals surface area (Å²) in [6.07, 6.45) is -0.00366. The summed E-state index contributed by atoms with van der Waals surface area (Å²) in [5, 5.41) is 7.40. The molecule has 2 aliphatic rings. The van der Waals surface area contributed by atoms with Gasteiger partial charge in [0.25, 0.3) is 12.3 Å². The van der Waals surface area contributed by atoms with Crippen molar-refractivity contribution in [2.45, 2.75) is 43.7 Å². The highest BCUT2D eigenvalue weighted by Crippen LogP contribution is 2.67. The maximum Gasteiger partial charge on any atom is 0.295 e. The first-order chi connectivity index (χ1) is 21.1. The van der Waals surface area contributed by atoms with Crippen LogP contribution in [0, 0.1) is 17.6 Å². The molecule has 7 rings (SSSR count). The van der Waals surface area contributed by atoms with Crippen LogP contribution in [-0.2, 0) is 23.7 Å². The minimum absolute atomic E-state index is 0.0939. The number of alkyl halides is 4. The van der Waals surface area contributed by atoms with Gasteiger partial charge >= 0.3 is 0 Å². The summed E-state index contributed by atoms with van der Waals surface area (Å²) >= 11 is 0. The van der Waals surface area contributed by atoms with Crippen molar-refractivity contribution in [2.75, 3.05) is 0 Å². The molecule has 2 aliphatic carbocycles. The molecular weight excluding hydrogens is 584 g/mol. The highest BCUT2D eigenvalue weighted by molar-refractivity contribution is 5.85. The lowest BCUT2D eigenvalue weighted by atomic mass is 9.95. The van der Waals surface area contributed by atoms with Crippen molar-refractivity contribution in [2.24, 2.45) is 5.92 Å². The van der Waals surface area contributed by atoms with Crippen LogP contribution in [0.4, 0.5) is 26.3 Å². The second kappa shape index (κ2) is 10.5. The first kappa shape index (κ1) is 28.1. The SMILES string of the molecule is O=C(Cn1nc2c(c1C(F)F)C1CC1C2(F)F)N[C@@H](Cc1cc(F)cc(F)c1)c1ncccc1-c1ccc2cccnc2c1. The van der Waals surface area contributed by atoms with Gasteiger partial charge in [0.05, 0.1) is 17.3 Å². The molecule has 2 aromatic carbocycles. The zero-order chi connectivity index (χ0) is 30.7. The Labute approximate surface area is 246 Å². The fraction of sp³-hybridized carbons (Fsp3) is 0.250. The number of halogens is 6. The zero-order valence-corrected chi connectivity index (χ0v) is 22.8. The number of hydrogen-bond acceptors (Lipinski definition) is 4. The first-order valence-electron chi connectivity index (χ1n) is 13.9. The normalized spacial score (nSPS) is 18.7. The molecule has 6 nitrogen and oxygen atoms in total. The lowest BCUT2D eigenvalue weighted by Gasteiger charge is -2.22. The van der Waals surface area contributed by atoms with Crippen molar-refractivity contribution >= 4 is 16.8 Å². The summed E-state index contributed by atoms with van der Waals surface area (Å²) in [4.78, 5) is 22.3. The Balaban J connectivity index is 1.25. The summed E-state index contributed by atoms with van der Waals surface area (Å²) in [5.74, 6) is -7.54. The molecule has 1 fully saturated rings. The molecule has 0 spiro atoms. The number of carbonyl (C=O) groups excluding carboxylic acids is 1. The van der Waals surface area contributed by atoms with Crippen LogP contribution >= 0.6 is 0 Å². The highest BCUT2D eigenvalue weighted by atomic mass is 19.3. The van der Waals surface area contributed by atoms with Gasteiger partial charge in [-0.1, -0.05) is 24.3 Å². The largest absolute Gasteiger partial charge is 0.346 e. The fourth-order valence-corrected chi connectivity index (χ4v) is 6.27. The van der Waals surface area contributed by atoms with Crippen molar-refractivity contribution in [1.82, 2.24) is 25.1 Å². The molecule has 0 radical (unpaired) electrons. The zero-order valence-electron chi connectivity index (χ0n) is 22.8. The third kappa shape index (κ3) is 4.87. The van der Waals surface area contributed by atoms with Crippen LogP contribution < -0.4 is 5.32 Å². The van der Waals surface area contributed by atoms with Crippen LogP contribution in [0.5, 0.6) is 0 Å². The van der Waals surface area contributed by atoms with Crippen molar-refractivity contribution in [3.05, 3.63) is 113 Å². The van der Waals surface area contributed by atoms with Crippen LogP contribution in [0.2, 0.25) is 0 Å². The number of pyridine rings is 2. The van der Waals surface area contributed by atoms with E-state index in [2.05, 4.69) is 20.4 Å². The Morgan fingerprint density at radius 2 is 1.75 bits per heavy atom. The van der Waals surface area contributed by atoms with Crippen LogP contribution in [0.25, 0.3) is 22.0 Å². The van der Waals surface area contributed by atoms with Crippen molar-refractivity contribution in [3.63, 3.8) is 0 Å². The molecule has 12 heteroatoms. The molecule has 0 bridgehead atoms. The maximum absolute atomic E-state index is 14.7. The van der Waals surface area contributed by atoms with Crippen LogP contribution in [0.3, 0.4) is 0 Å². The number of aromatic nitrogens is 4. The van der Waals surface area contributed by atoms with E-state index in [0.29, 0.717) is 33.1 Å². The van der Waals surface area contributed by atoms with Crippen LogP contribution in [-0.4, -0.2) is 25.7 Å². The van der Waals surface area contributed by atoms with E-state index in [-0.39, 0.29) is 24.0 Å². The van der Waals surface area contributed by atoms with Gasteiger partial charge in [-0.05, 0) is 60.2 Å². The van der Waals surface area contributed by atoms with Gasteiger partial charge in [-0.2, -0.15) is 13.9 Å². The summed E-state index contributed by atoms with van der Waals surface area (Å²) in [5.41, 5.74) is 0.971. The number of nitrogens with zero attached hydrogens (tertiary/aromatic N) is 4. The fourth-order valence-electron chi connectivity index (χ4n) is 6.27. The Morgan fingerprint density at radius 3 is 2.52 bits per heavy atom. The van der Waals surface area contributed by atoms with E-state index in [0.717, 1.165) is 17.5 Å². The summed E-state index contributed by atoms with van der Waals surface area (Å²) in [6, 6.07) is 14.7. The van der Waals surface area contributed by atoms with E-state index in [9.17, 15) is 31.1 Å². The van der Waals surface area contributed by atoms with Gasteiger partial charge in [0, 0.05) is 40.9 Å². The lowest BCUT2D eigenvalue weighted by Crippen LogP contribution is -2.34. The van der Waals surface area contributed by atoms with E-state index >= 15 is 0 Å². The number of carbonyl (C=O) groups is 1. The monoisotopic (exact) mass is 607 g/mol. The Kier molecular flexibility index (Phi) is 6.67. The van der Waals surface area contributed by atoms with Crippen molar-refractivity contribution < 1.29 is 31.1 Å². The second-order valence-electron chi connectivity index (χ2n) is 11.1. The number of benzene rings is 2. The molecule has 1 saturated carbocycles. The van der Waals surface area contributed by atoms with Gasteiger partial charge in [0.2, 0.25) is 5.91 Å². The molecule has 1 amide bonds. The van der Waals surface area contributed by atoms with Gasteiger partial charge in [-0.3, -0.25) is 19.4 Å². The topological polar surface area (TPSA) is 72.7 Å². The first-order valence-corrected chi connectivity index (χ1v) is 13.9. The number of amides is 1. The molecular formula is C32H23F6N5O. The molecule has 3 heterocycles. The minimum Gasteiger partial charge on any atom is -0.346 e. The molecule has 2 unspecified atom stereocenters. The molecule has 44 heavy (non-hydrogen) atoms. The van der Waals surface area contributed by atoms with E-state index in [4.69, 9.17) is 0 Å². The summed E-state index contributed by atoms with van der Waals surface area (Å²) in [6.45, 7) is -0.768. The van der Waals surface area contributed by atoms with Crippen molar-refractivity contribution in [3.8, 4) is 11.1 Å². The quantitative estimate of drug-likeness (QED) is 0.193. The maximum atomic E-state index is 14.7. The van der Waals surface area contributed by atoms with Crippen LogP contribution in [0.15, 0.2) is 73.1 Å². The summed E-state index contributed by atoms with van der Waals surface area (Å²) < 4.78 is 86.6. The van der Waals surface area contributed by atoms with E-state index < -0.39 is 65.7 Å². The average molecular weight is 608 g/mol. The van der Waals surface area contributed by atoms with Gasteiger partial charge in [-0.25, -0.2) is 17.6 Å². The van der Waals surface area contributed by atoms with Crippen LogP contribution in [0.1, 0.15) is 53.0 Å². The van der Waals surface area contributed by atoms with E-state index in [1.807, 2.05) is 24.3 Å². The van der Waals surface area contributed by atoms with E-state index in [1.165, 1.54) is 6.20 Å². The molecule has 0 saturated heterocycles. The predicted molar refractivity (Wildman–Crippen MR) is 148 cm³/mol.